The number of allylic oxidation sites excluding steroid dienone is 2. The summed E-state index contributed by atoms with van der Waals surface area (Å²) in [7, 11) is 0. The van der Waals surface area contributed by atoms with Gasteiger partial charge in [-0.1, -0.05) is 24.6 Å². The van der Waals surface area contributed by atoms with Crippen molar-refractivity contribution < 1.29 is 14.6 Å². The minimum atomic E-state index is -1.20. The Morgan fingerprint density at radius 1 is 1.65 bits per heavy atom. The maximum Gasteiger partial charge on any atom is 0.305 e. The molecule has 3 N–H and O–H groups in total. The van der Waals surface area contributed by atoms with Crippen LogP contribution in [0.3, 0.4) is 0 Å². The average molecular weight is 239 g/mol. The lowest BCUT2D eigenvalue weighted by Gasteiger charge is -2.21. The van der Waals surface area contributed by atoms with Gasteiger partial charge in [0.25, 0.3) is 0 Å². The van der Waals surface area contributed by atoms with Gasteiger partial charge in [0.05, 0.1) is 6.61 Å². The van der Waals surface area contributed by atoms with Crippen LogP contribution in [0.5, 0.6) is 0 Å². The maximum atomic E-state index is 11.1. The Hall–Kier alpha value is -1.13. The zero-order valence-electron chi connectivity index (χ0n) is 10.3. The second-order valence-electron chi connectivity index (χ2n) is 4.38. The third-order valence-electron chi connectivity index (χ3n) is 2.60. The van der Waals surface area contributed by atoms with Crippen molar-refractivity contribution in [2.45, 2.75) is 44.8 Å². The lowest BCUT2D eigenvalue weighted by molar-refractivity contribution is -0.143. The summed E-state index contributed by atoms with van der Waals surface area (Å²) < 4.78 is 5.05. The summed E-state index contributed by atoms with van der Waals surface area (Å²) >= 11 is 0. The van der Waals surface area contributed by atoms with Crippen LogP contribution >= 0.6 is 0 Å². The number of hydrogen-bond donors (Lipinski definition) is 2. The van der Waals surface area contributed by atoms with E-state index in [1.807, 2.05) is 19.1 Å². The van der Waals surface area contributed by atoms with Gasteiger partial charge in [0.15, 0.2) is 0 Å². The molecule has 1 atom stereocenters. The van der Waals surface area contributed by atoms with E-state index in [9.17, 15) is 9.90 Å². The van der Waals surface area contributed by atoms with E-state index in [0.717, 1.165) is 24.8 Å². The maximum absolute atomic E-state index is 11.1. The highest BCUT2D eigenvalue weighted by molar-refractivity contribution is 5.69. The zero-order chi connectivity index (χ0) is 12.7. The molecule has 0 aromatic rings. The third kappa shape index (κ3) is 5.65. The first-order valence-corrected chi connectivity index (χ1v) is 6.08. The van der Waals surface area contributed by atoms with Crippen molar-refractivity contribution in [3.8, 4) is 0 Å². The smallest absolute Gasteiger partial charge is 0.305 e. The van der Waals surface area contributed by atoms with Crippen LogP contribution in [0.25, 0.3) is 0 Å². The molecule has 96 valence electrons. The van der Waals surface area contributed by atoms with Gasteiger partial charge in [0, 0.05) is 12.8 Å². The molecule has 0 fully saturated rings. The van der Waals surface area contributed by atoms with Crippen molar-refractivity contribution in [1.82, 2.24) is 0 Å². The fourth-order valence-electron chi connectivity index (χ4n) is 1.61. The summed E-state index contributed by atoms with van der Waals surface area (Å²) in [4.78, 5) is 11.1. The highest BCUT2D eigenvalue weighted by Gasteiger charge is 2.18. The van der Waals surface area contributed by atoms with Gasteiger partial charge < -0.3 is 15.6 Å². The van der Waals surface area contributed by atoms with Gasteiger partial charge >= 0.3 is 5.97 Å². The topological polar surface area (TPSA) is 72.5 Å². The molecule has 4 heteroatoms. The number of hydrogen-bond acceptors (Lipinski definition) is 4. The van der Waals surface area contributed by atoms with Crippen molar-refractivity contribution in [1.29, 1.82) is 0 Å². The van der Waals surface area contributed by atoms with E-state index in [2.05, 4.69) is 0 Å². The Morgan fingerprint density at radius 3 is 3.00 bits per heavy atom. The Labute approximate surface area is 102 Å². The van der Waals surface area contributed by atoms with Gasteiger partial charge in [-0.2, -0.15) is 0 Å². The van der Waals surface area contributed by atoms with E-state index in [0.29, 0.717) is 19.4 Å². The van der Waals surface area contributed by atoms with Crippen LogP contribution in [0.1, 0.15) is 39.0 Å². The lowest BCUT2D eigenvalue weighted by atomic mass is 9.98. The summed E-state index contributed by atoms with van der Waals surface area (Å²) in [6.45, 7) is 2.41. The van der Waals surface area contributed by atoms with Crippen molar-refractivity contribution >= 4 is 5.97 Å². The van der Waals surface area contributed by atoms with E-state index < -0.39 is 5.72 Å². The first-order valence-electron chi connectivity index (χ1n) is 6.08. The van der Waals surface area contributed by atoms with Crippen LogP contribution in [0, 0.1) is 0 Å². The fourth-order valence-corrected chi connectivity index (χ4v) is 1.61. The van der Waals surface area contributed by atoms with E-state index in [1.165, 1.54) is 0 Å². The fraction of sp³-hybridized carbons (Fsp3) is 0.615. The molecule has 0 heterocycles. The molecule has 0 saturated carbocycles. The van der Waals surface area contributed by atoms with Crippen molar-refractivity contribution in [2.24, 2.45) is 5.73 Å². The van der Waals surface area contributed by atoms with Crippen molar-refractivity contribution in [3.05, 3.63) is 23.8 Å². The van der Waals surface area contributed by atoms with Crippen LogP contribution < -0.4 is 5.73 Å². The number of carbonyl (C=O) groups excluding carboxylic acids is 1. The summed E-state index contributed by atoms with van der Waals surface area (Å²) in [6, 6.07) is 0. The molecule has 0 aliphatic heterocycles. The number of aliphatic hydroxyl groups is 1. The van der Waals surface area contributed by atoms with Gasteiger partial charge in [0.2, 0.25) is 0 Å². The molecule has 0 amide bonds. The molecule has 0 aromatic carbocycles. The van der Waals surface area contributed by atoms with Crippen molar-refractivity contribution in [2.75, 3.05) is 6.61 Å². The summed E-state index contributed by atoms with van der Waals surface area (Å²) in [5.74, 6) is -0.128. The van der Waals surface area contributed by atoms with Gasteiger partial charge in [-0.15, -0.1) is 0 Å². The van der Waals surface area contributed by atoms with Gasteiger partial charge in [-0.3, -0.25) is 4.79 Å². The number of ether oxygens (including phenoxy) is 1. The van der Waals surface area contributed by atoms with E-state index in [4.69, 9.17) is 10.5 Å². The molecule has 1 unspecified atom stereocenters. The van der Waals surface area contributed by atoms with Crippen LogP contribution in [-0.2, 0) is 9.53 Å². The monoisotopic (exact) mass is 239 g/mol. The molecule has 0 spiro atoms. The number of esters is 1. The first kappa shape index (κ1) is 13.9. The van der Waals surface area contributed by atoms with Crippen LogP contribution in [0.2, 0.25) is 0 Å². The van der Waals surface area contributed by atoms with E-state index in [-0.39, 0.29) is 5.97 Å². The molecule has 1 rings (SSSR count). The molecule has 0 saturated heterocycles. The van der Waals surface area contributed by atoms with Crippen molar-refractivity contribution in [3.63, 3.8) is 0 Å². The predicted molar refractivity (Wildman–Crippen MR) is 66.1 cm³/mol. The van der Waals surface area contributed by atoms with Gasteiger partial charge in [0.1, 0.15) is 5.72 Å². The zero-order valence-corrected chi connectivity index (χ0v) is 10.3. The van der Waals surface area contributed by atoms with E-state index in [1.54, 1.807) is 6.08 Å². The summed E-state index contributed by atoms with van der Waals surface area (Å²) in [5, 5.41) is 9.47. The first-order chi connectivity index (χ1) is 8.03. The SMILES string of the molecule is CCCC(=O)OCCCC1=CCC(N)(O)C=C1. The Kier molecular flexibility index (Phi) is 5.38. The third-order valence-corrected chi connectivity index (χ3v) is 2.60. The number of nitrogens with two attached hydrogens (primary N) is 1. The second kappa shape index (κ2) is 6.57. The highest BCUT2D eigenvalue weighted by atomic mass is 16.5. The molecule has 0 aromatic heterocycles. The predicted octanol–water partition coefficient (Wildman–Crippen LogP) is 1.64. The standard InChI is InChI=1S/C13H21NO3/c1-2-4-12(15)17-10-3-5-11-6-8-13(14,16)9-7-11/h6-8,16H,2-5,9-10,14H2,1H3. The quantitative estimate of drug-likeness (QED) is 0.420. The largest absolute Gasteiger partial charge is 0.466 e. The van der Waals surface area contributed by atoms with Crippen LogP contribution in [0.4, 0.5) is 0 Å². The summed E-state index contributed by atoms with van der Waals surface area (Å²) in [6.07, 6.45) is 8.75. The van der Waals surface area contributed by atoms with Crippen LogP contribution in [0.15, 0.2) is 23.8 Å². The summed E-state index contributed by atoms with van der Waals surface area (Å²) in [5.41, 5.74) is 5.46. The number of rotatable bonds is 6. The Balaban J connectivity index is 2.14. The molecular formula is C13H21NO3. The minimum absolute atomic E-state index is 0.128. The lowest BCUT2D eigenvalue weighted by Crippen LogP contribution is -2.37. The molecule has 0 radical (unpaired) electrons. The molecule has 0 bridgehead atoms. The highest BCUT2D eigenvalue weighted by Crippen LogP contribution is 2.19. The second-order valence-corrected chi connectivity index (χ2v) is 4.38. The molecule has 17 heavy (non-hydrogen) atoms. The minimum Gasteiger partial charge on any atom is -0.466 e. The number of carbonyl (C=O) groups is 1. The normalized spacial score (nSPS) is 23.4. The van der Waals surface area contributed by atoms with Gasteiger partial charge in [-0.25, -0.2) is 0 Å². The molecule has 1 aliphatic carbocycles. The molecular weight excluding hydrogens is 218 g/mol. The Morgan fingerprint density at radius 2 is 2.41 bits per heavy atom. The average Bonchev–Trinajstić information content (AvgIpc) is 2.27. The molecule has 1 aliphatic rings. The van der Waals surface area contributed by atoms with Crippen LogP contribution in [-0.4, -0.2) is 23.4 Å². The molecule has 4 nitrogen and oxygen atoms in total. The van der Waals surface area contributed by atoms with E-state index >= 15 is 0 Å². The van der Waals surface area contributed by atoms with Gasteiger partial charge in [-0.05, 0) is 25.3 Å². The Bertz CT molecular complexity index is 319.